The van der Waals surface area contributed by atoms with Crippen molar-refractivity contribution in [1.82, 2.24) is 4.90 Å². The highest BCUT2D eigenvalue weighted by atomic mass is 16.6. The molecule has 5 rings (SSSR count). The summed E-state index contributed by atoms with van der Waals surface area (Å²) in [6.07, 6.45) is 12.2. The van der Waals surface area contributed by atoms with Crippen molar-refractivity contribution in [3.05, 3.63) is 53.6 Å². The molecule has 2 amide bonds. The number of anilines is 1. The number of aliphatic hydroxyl groups excluding tert-OH is 1. The lowest BCUT2D eigenvalue weighted by atomic mass is 9.74. The molecule has 8 heteroatoms. The van der Waals surface area contributed by atoms with E-state index in [4.69, 9.17) is 9.47 Å². The number of unbranched alkanes of at least 4 members (excludes halogenated alkanes) is 2. The summed E-state index contributed by atoms with van der Waals surface area (Å²) in [5, 5.41) is 9.27. The molecular weight excluding hydrogens is 496 g/mol. The van der Waals surface area contributed by atoms with Gasteiger partial charge in [-0.3, -0.25) is 14.4 Å². The van der Waals surface area contributed by atoms with E-state index < -0.39 is 35.0 Å². The summed E-state index contributed by atoms with van der Waals surface area (Å²) in [7, 11) is 0. The number of carbonyl (C=O) groups is 3. The van der Waals surface area contributed by atoms with Gasteiger partial charge in [-0.15, -0.1) is 0 Å². The summed E-state index contributed by atoms with van der Waals surface area (Å²) >= 11 is 0. The van der Waals surface area contributed by atoms with E-state index >= 15 is 0 Å². The Morgan fingerprint density at radius 3 is 2.49 bits per heavy atom. The van der Waals surface area contributed by atoms with Gasteiger partial charge in [0.05, 0.1) is 18.1 Å². The van der Waals surface area contributed by atoms with E-state index in [-0.39, 0.29) is 18.4 Å². The first kappa shape index (κ1) is 27.6. The van der Waals surface area contributed by atoms with Crippen LogP contribution in [0.25, 0.3) is 0 Å². The van der Waals surface area contributed by atoms with Crippen molar-refractivity contribution in [3.8, 4) is 0 Å². The average Bonchev–Trinajstić information content (AvgIpc) is 3.22. The third kappa shape index (κ3) is 4.61. The Labute approximate surface area is 230 Å². The molecule has 210 valence electrons. The lowest BCUT2D eigenvalue weighted by molar-refractivity contribution is -0.158. The first-order valence-corrected chi connectivity index (χ1v) is 14.3. The minimum absolute atomic E-state index is 0.0770. The summed E-state index contributed by atoms with van der Waals surface area (Å²) in [5.74, 6) is -2.65. The van der Waals surface area contributed by atoms with E-state index in [9.17, 15) is 19.5 Å². The lowest BCUT2D eigenvalue weighted by Gasteiger charge is -2.38. The monoisotopic (exact) mass is 536 g/mol. The Bertz CT molecular complexity index is 1170. The number of amides is 2. The molecule has 1 unspecified atom stereocenters. The van der Waals surface area contributed by atoms with Crippen molar-refractivity contribution in [3.63, 3.8) is 0 Å². The summed E-state index contributed by atoms with van der Waals surface area (Å²) in [6, 6.07) is 5.02. The lowest BCUT2D eigenvalue weighted by Crippen LogP contribution is -2.56. The molecule has 0 aliphatic carbocycles. The molecule has 1 aromatic rings. The molecule has 1 aromatic carbocycles. The van der Waals surface area contributed by atoms with Gasteiger partial charge >= 0.3 is 5.97 Å². The molecule has 8 nitrogen and oxygen atoms in total. The van der Waals surface area contributed by atoms with Crippen LogP contribution in [0.5, 0.6) is 0 Å². The Morgan fingerprint density at radius 2 is 1.74 bits per heavy atom. The normalized spacial score (nSPS) is 33.3. The second-order valence-corrected chi connectivity index (χ2v) is 11.5. The third-order valence-corrected chi connectivity index (χ3v) is 8.77. The number of para-hydroxylation sites is 1. The molecule has 39 heavy (non-hydrogen) atoms. The van der Waals surface area contributed by atoms with Crippen molar-refractivity contribution in [2.75, 3.05) is 31.2 Å². The van der Waals surface area contributed by atoms with E-state index in [0.717, 1.165) is 42.5 Å². The van der Waals surface area contributed by atoms with Gasteiger partial charge in [0, 0.05) is 25.4 Å². The van der Waals surface area contributed by atoms with Gasteiger partial charge in [0.2, 0.25) is 5.91 Å². The zero-order chi connectivity index (χ0) is 27.8. The predicted octanol–water partition coefficient (Wildman–Crippen LogP) is 3.62. The number of likely N-dealkylation sites (tertiary alicyclic amines) is 1. The highest BCUT2D eigenvalue weighted by molar-refractivity contribution is 6.06. The molecule has 4 aliphatic rings. The number of cyclic esters (lactones) is 1. The van der Waals surface area contributed by atoms with Crippen molar-refractivity contribution >= 4 is 23.5 Å². The smallest absolute Gasteiger partial charge is 0.313 e. The number of rotatable bonds is 6. The van der Waals surface area contributed by atoms with E-state index in [0.29, 0.717) is 32.5 Å². The van der Waals surface area contributed by atoms with Gasteiger partial charge in [0.1, 0.15) is 17.6 Å². The standard InChI is InChI=1S/C31H40N2O6/c1-21-13-11-14-22(2)25(21)32-18-12-16-31-23(27(35)33(26(31)28(32)36)17-8-6-9-19-34)24-29(37)38-20-10-5-4-7-15-30(24,3)39-31/h7,11-16,23-24,26,34H,4-6,8-10,17-20H2,1-3H3/b15-7-/t23-,24-,26?,30+,31-/m0/s1. The van der Waals surface area contributed by atoms with E-state index in [1.165, 1.54) is 0 Å². The highest BCUT2D eigenvalue weighted by Gasteiger charge is 2.74. The molecular formula is C31H40N2O6. The van der Waals surface area contributed by atoms with Crippen LogP contribution in [0.4, 0.5) is 5.69 Å². The number of hydrogen-bond acceptors (Lipinski definition) is 6. The van der Waals surface area contributed by atoms with Crippen LogP contribution in [0.3, 0.4) is 0 Å². The van der Waals surface area contributed by atoms with Gasteiger partial charge in [0.25, 0.3) is 5.91 Å². The predicted molar refractivity (Wildman–Crippen MR) is 147 cm³/mol. The van der Waals surface area contributed by atoms with Crippen molar-refractivity contribution in [2.45, 2.75) is 76.5 Å². The van der Waals surface area contributed by atoms with Crippen LogP contribution in [-0.4, -0.2) is 71.3 Å². The molecule has 4 heterocycles. The quantitative estimate of drug-likeness (QED) is 0.339. The fourth-order valence-electron chi connectivity index (χ4n) is 7.04. The van der Waals surface area contributed by atoms with Crippen LogP contribution >= 0.6 is 0 Å². The second kappa shape index (κ2) is 10.9. The zero-order valence-corrected chi connectivity index (χ0v) is 23.2. The number of allylic oxidation sites excluding steroid dienone is 1. The van der Waals surface area contributed by atoms with E-state index in [1.54, 1.807) is 9.80 Å². The minimum Gasteiger partial charge on any atom is -0.465 e. The Hall–Kier alpha value is -2.97. The highest BCUT2D eigenvalue weighted by Crippen LogP contribution is 2.57. The maximum atomic E-state index is 14.6. The number of aryl methyl sites for hydroxylation is 2. The third-order valence-electron chi connectivity index (χ3n) is 8.77. The molecule has 0 radical (unpaired) electrons. The summed E-state index contributed by atoms with van der Waals surface area (Å²) in [6.45, 7) is 6.87. The van der Waals surface area contributed by atoms with Crippen LogP contribution in [0.2, 0.25) is 0 Å². The Morgan fingerprint density at radius 1 is 0.974 bits per heavy atom. The van der Waals surface area contributed by atoms with Gasteiger partial charge < -0.3 is 24.4 Å². The summed E-state index contributed by atoms with van der Waals surface area (Å²) in [4.78, 5) is 45.9. The van der Waals surface area contributed by atoms with E-state index in [2.05, 4.69) is 0 Å². The SMILES string of the molecule is Cc1cccc(C)c1N1CC=C[C@]23O[C@]4(C)/C=C\CCCCOC(=O)[C@@H]4[C@H]2C(=O)N(CCCCCO)C3C1=O. The number of aliphatic hydroxyl groups is 1. The maximum absolute atomic E-state index is 14.6. The molecule has 1 N–H and O–H groups in total. The maximum Gasteiger partial charge on any atom is 0.313 e. The molecule has 0 bridgehead atoms. The first-order valence-electron chi connectivity index (χ1n) is 14.3. The summed E-state index contributed by atoms with van der Waals surface area (Å²) in [5.41, 5.74) is 0.399. The van der Waals surface area contributed by atoms with Gasteiger partial charge in [-0.05, 0) is 70.4 Å². The number of benzene rings is 1. The number of ether oxygens (including phenoxy) is 2. The fraction of sp³-hybridized carbons (Fsp3) is 0.581. The zero-order valence-electron chi connectivity index (χ0n) is 23.2. The Kier molecular flexibility index (Phi) is 7.71. The van der Waals surface area contributed by atoms with Crippen molar-refractivity contribution in [1.29, 1.82) is 0 Å². The number of nitrogens with zero attached hydrogens (tertiary/aromatic N) is 2. The van der Waals surface area contributed by atoms with Crippen molar-refractivity contribution in [2.24, 2.45) is 11.8 Å². The van der Waals surface area contributed by atoms with Gasteiger partial charge in [-0.25, -0.2) is 0 Å². The molecule has 0 aromatic heterocycles. The minimum atomic E-state index is -1.30. The fourth-order valence-corrected chi connectivity index (χ4v) is 7.04. The molecule has 2 saturated heterocycles. The largest absolute Gasteiger partial charge is 0.465 e. The molecule has 2 fully saturated rings. The van der Waals surface area contributed by atoms with E-state index in [1.807, 2.05) is 63.3 Å². The van der Waals surface area contributed by atoms with Crippen LogP contribution in [0.1, 0.15) is 56.6 Å². The summed E-state index contributed by atoms with van der Waals surface area (Å²) < 4.78 is 12.6. The second-order valence-electron chi connectivity index (χ2n) is 11.5. The molecule has 1 spiro atoms. The van der Waals surface area contributed by atoms with Crippen LogP contribution in [-0.2, 0) is 23.9 Å². The van der Waals surface area contributed by atoms with Crippen LogP contribution in [0, 0.1) is 25.7 Å². The number of esters is 1. The van der Waals surface area contributed by atoms with Crippen LogP contribution < -0.4 is 4.90 Å². The first-order chi connectivity index (χ1) is 18.7. The van der Waals surface area contributed by atoms with Gasteiger partial charge in [0.15, 0.2) is 0 Å². The topological polar surface area (TPSA) is 96.4 Å². The van der Waals surface area contributed by atoms with Gasteiger partial charge in [-0.2, -0.15) is 0 Å². The Balaban J connectivity index is 1.62. The average molecular weight is 537 g/mol. The number of fused-ring (bicyclic) bond motifs is 2. The van der Waals surface area contributed by atoms with Gasteiger partial charge in [-0.1, -0.05) is 42.5 Å². The number of hydrogen-bond donors (Lipinski definition) is 1. The molecule has 0 saturated carbocycles. The van der Waals surface area contributed by atoms with Crippen LogP contribution in [0.15, 0.2) is 42.5 Å². The number of carbonyl (C=O) groups excluding carboxylic acids is 3. The molecule has 5 atom stereocenters. The molecule has 4 aliphatic heterocycles. The van der Waals surface area contributed by atoms with Crippen molar-refractivity contribution < 1.29 is 29.0 Å².